The van der Waals surface area contributed by atoms with Crippen LogP contribution in [-0.4, -0.2) is 43.0 Å². The second-order valence-electron chi connectivity index (χ2n) is 5.81. The molecule has 2 rings (SSSR count). The van der Waals surface area contributed by atoms with E-state index < -0.39 is 17.3 Å². The van der Waals surface area contributed by atoms with Crippen molar-refractivity contribution < 1.29 is 18.0 Å². The highest BCUT2D eigenvalue weighted by atomic mass is 32.2. The largest absolute Gasteiger partial charge is 0.453 e. The normalized spacial score (nSPS) is 23.8. The molecule has 3 atom stereocenters. The fourth-order valence-corrected chi connectivity index (χ4v) is 3.65. The molecule has 0 saturated carbocycles. The van der Waals surface area contributed by atoms with E-state index in [0.717, 1.165) is 31.0 Å². The molecule has 0 unspecified atom stereocenters. The summed E-state index contributed by atoms with van der Waals surface area (Å²) in [5.74, 6) is 4.00. The number of nitrogen functional groups attached to an aromatic ring is 1. The van der Waals surface area contributed by atoms with Gasteiger partial charge in [0.15, 0.2) is 0 Å². The SMILES string of the molecule is C[C@@H](Sc1nnc(C(F)(F)F)n1N)C(=O)N1[C@@H](C)CCC[C@@H]1C. The Bertz CT molecular complexity index is 566. The number of halogens is 3. The Hall–Kier alpha value is -1.45. The number of nitrogens with two attached hydrogens (primary N) is 1. The first-order valence-electron chi connectivity index (χ1n) is 7.39. The van der Waals surface area contributed by atoms with Gasteiger partial charge >= 0.3 is 6.18 Å². The minimum atomic E-state index is -4.68. The number of amides is 1. The third-order valence-corrected chi connectivity index (χ3v) is 5.04. The lowest BCUT2D eigenvalue weighted by Gasteiger charge is -2.40. The van der Waals surface area contributed by atoms with Crippen LogP contribution in [0.15, 0.2) is 5.16 Å². The van der Waals surface area contributed by atoms with Crippen molar-refractivity contribution in [1.29, 1.82) is 0 Å². The van der Waals surface area contributed by atoms with Crippen LogP contribution in [0.1, 0.15) is 45.9 Å². The summed E-state index contributed by atoms with van der Waals surface area (Å²) in [6.45, 7) is 5.61. The Morgan fingerprint density at radius 2 is 1.87 bits per heavy atom. The minimum absolute atomic E-state index is 0.119. The molecule has 0 radical (unpaired) electrons. The molecule has 0 aliphatic carbocycles. The number of aromatic nitrogens is 3. The van der Waals surface area contributed by atoms with Gasteiger partial charge in [-0.3, -0.25) is 4.79 Å². The molecule has 0 aromatic carbocycles. The van der Waals surface area contributed by atoms with E-state index in [9.17, 15) is 18.0 Å². The van der Waals surface area contributed by atoms with Gasteiger partial charge in [-0.2, -0.15) is 13.2 Å². The monoisotopic (exact) mass is 351 g/mol. The molecule has 1 aliphatic rings. The molecule has 23 heavy (non-hydrogen) atoms. The maximum atomic E-state index is 12.7. The van der Waals surface area contributed by atoms with Crippen molar-refractivity contribution >= 4 is 17.7 Å². The Kier molecular flexibility index (Phi) is 5.12. The first-order chi connectivity index (χ1) is 10.6. The lowest BCUT2D eigenvalue weighted by Crippen LogP contribution is -2.50. The highest BCUT2D eigenvalue weighted by Gasteiger charge is 2.39. The molecule has 1 aromatic heterocycles. The summed E-state index contributed by atoms with van der Waals surface area (Å²) >= 11 is 0.886. The van der Waals surface area contributed by atoms with Crippen molar-refractivity contribution in [3.63, 3.8) is 0 Å². The molecule has 6 nitrogen and oxygen atoms in total. The Balaban J connectivity index is 2.11. The number of thioether (sulfide) groups is 1. The number of nitrogens with zero attached hydrogens (tertiary/aromatic N) is 4. The van der Waals surface area contributed by atoms with Gasteiger partial charge in [0.05, 0.1) is 5.25 Å². The van der Waals surface area contributed by atoms with E-state index in [1.165, 1.54) is 0 Å². The standard InChI is InChI=1S/C13H20F3N5OS/c1-7-5-4-6-8(2)20(7)10(22)9(3)23-12-19-18-11(21(12)17)13(14,15)16/h7-9H,4-6,17H2,1-3H3/t7-,8-,9+/m0/s1. The summed E-state index contributed by atoms with van der Waals surface area (Å²) in [5.41, 5.74) is 0. The average Bonchev–Trinajstić information content (AvgIpc) is 2.79. The van der Waals surface area contributed by atoms with E-state index in [2.05, 4.69) is 10.2 Å². The predicted molar refractivity (Wildman–Crippen MR) is 80.1 cm³/mol. The highest BCUT2D eigenvalue weighted by molar-refractivity contribution is 8.00. The number of alkyl halides is 3. The molecule has 130 valence electrons. The fraction of sp³-hybridized carbons (Fsp3) is 0.769. The summed E-state index contributed by atoms with van der Waals surface area (Å²) in [7, 11) is 0. The highest BCUT2D eigenvalue weighted by Crippen LogP contribution is 2.31. The van der Waals surface area contributed by atoms with Gasteiger partial charge in [0.1, 0.15) is 0 Å². The summed E-state index contributed by atoms with van der Waals surface area (Å²) in [5, 5.41) is 5.79. The van der Waals surface area contributed by atoms with Crippen molar-refractivity contribution in [2.45, 2.75) is 68.7 Å². The van der Waals surface area contributed by atoms with Crippen LogP contribution in [-0.2, 0) is 11.0 Å². The zero-order chi connectivity index (χ0) is 17.4. The second-order valence-corrected chi connectivity index (χ2v) is 7.12. The number of hydrogen-bond acceptors (Lipinski definition) is 5. The van der Waals surface area contributed by atoms with Gasteiger partial charge < -0.3 is 10.7 Å². The van der Waals surface area contributed by atoms with E-state index in [1.54, 1.807) is 6.92 Å². The quantitative estimate of drug-likeness (QED) is 0.668. The van der Waals surface area contributed by atoms with E-state index in [1.807, 2.05) is 18.7 Å². The molecule has 10 heteroatoms. The molecular weight excluding hydrogens is 331 g/mol. The molecule has 1 amide bonds. The molecule has 1 fully saturated rings. The van der Waals surface area contributed by atoms with Gasteiger partial charge in [0.2, 0.25) is 11.1 Å². The number of carbonyl (C=O) groups excluding carboxylic acids is 1. The third-order valence-electron chi connectivity index (χ3n) is 4.00. The number of hydrogen-bond donors (Lipinski definition) is 1. The average molecular weight is 351 g/mol. The van der Waals surface area contributed by atoms with E-state index in [-0.39, 0.29) is 23.1 Å². The molecule has 1 saturated heterocycles. The zero-order valence-corrected chi connectivity index (χ0v) is 14.0. The zero-order valence-electron chi connectivity index (χ0n) is 13.2. The van der Waals surface area contributed by atoms with Crippen molar-refractivity contribution in [2.75, 3.05) is 5.84 Å². The molecule has 0 bridgehead atoms. The maximum absolute atomic E-state index is 12.7. The van der Waals surface area contributed by atoms with Gasteiger partial charge in [-0.1, -0.05) is 11.8 Å². The van der Waals surface area contributed by atoms with Crippen molar-refractivity contribution in [2.24, 2.45) is 0 Å². The first-order valence-corrected chi connectivity index (χ1v) is 8.27. The smallest absolute Gasteiger partial charge is 0.336 e. The summed E-state index contributed by atoms with van der Waals surface area (Å²) in [6, 6.07) is 0.242. The lowest BCUT2D eigenvalue weighted by atomic mass is 9.97. The third kappa shape index (κ3) is 3.73. The van der Waals surface area contributed by atoms with Crippen LogP contribution in [0.5, 0.6) is 0 Å². The summed E-state index contributed by atoms with van der Waals surface area (Å²) in [4.78, 5) is 14.4. The first kappa shape index (κ1) is 17.9. The van der Waals surface area contributed by atoms with Crippen molar-refractivity contribution in [3.8, 4) is 0 Å². The van der Waals surface area contributed by atoms with Gasteiger partial charge in [0, 0.05) is 12.1 Å². The van der Waals surface area contributed by atoms with Crippen LogP contribution < -0.4 is 5.84 Å². The predicted octanol–water partition coefficient (Wildman–Crippen LogP) is 2.28. The maximum Gasteiger partial charge on any atom is 0.453 e. The van der Waals surface area contributed by atoms with E-state index >= 15 is 0 Å². The van der Waals surface area contributed by atoms with Gasteiger partial charge in [-0.05, 0) is 40.0 Å². The molecule has 2 heterocycles. The molecule has 0 spiro atoms. The Morgan fingerprint density at radius 1 is 1.30 bits per heavy atom. The van der Waals surface area contributed by atoms with E-state index in [4.69, 9.17) is 5.84 Å². The van der Waals surface area contributed by atoms with Gasteiger partial charge in [-0.25, -0.2) is 4.68 Å². The minimum Gasteiger partial charge on any atom is -0.336 e. The summed E-state index contributed by atoms with van der Waals surface area (Å²) in [6.07, 6.45) is -1.75. The van der Waals surface area contributed by atoms with Crippen LogP contribution in [0.25, 0.3) is 0 Å². The topological polar surface area (TPSA) is 77.0 Å². The number of likely N-dealkylation sites (tertiary alicyclic amines) is 1. The van der Waals surface area contributed by atoms with Crippen LogP contribution in [0.4, 0.5) is 13.2 Å². The van der Waals surface area contributed by atoms with Crippen molar-refractivity contribution in [1.82, 2.24) is 19.8 Å². The van der Waals surface area contributed by atoms with Crippen molar-refractivity contribution in [3.05, 3.63) is 5.82 Å². The number of carbonyl (C=O) groups is 1. The second kappa shape index (κ2) is 6.58. The van der Waals surface area contributed by atoms with E-state index in [0.29, 0.717) is 4.68 Å². The number of rotatable bonds is 3. The van der Waals surface area contributed by atoms with Gasteiger partial charge in [-0.15, -0.1) is 10.2 Å². The lowest BCUT2D eigenvalue weighted by molar-refractivity contribution is -0.146. The van der Waals surface area contributed by atoms with Crippen LogP contribution in [0.3, 0.4) is 0 Å². The molecular formula is C13H20F3N5OS. The Labute approximate surface area is 136 Å². The molecule has 1 aromatic rings. The van der Waals surface area contributed by atoms with Crippen LogP contribution in [0, 0.1) is 0 Å². The molecule has 1 aliphatic heterocycles. The van der Waals surface area contributed by atoms with Crippen LogP contribution in [0.2, 0.25) is 0 Å². The number of piperidine rings is 1. The van der Waals surface area contributed by atoms with Gasteiger partial charge in [0.25, 0.3) is 5.82 Å². The molecule has 2 N–H and O–H groups in total. The summed E-state index contributed by atoms with van der Waals surface area (Å²) < 4.78 is 38.4. The fourth-order valence-electron chi connectivity index (χ4n) is 2.82. The van der Waals surface area contributed by atoms with Crippen LogP contribution >= 0.6 is 11.8 Å². The Morgan fingerprint density at radius 3 is 2.35 bits per heavy atom.